The summed E-state index contributed by atoms with van der Waals surface area (Å²) in [6.45, 7) is 0. The van der Waals surface area contributed by atoms with Crippen molar-refractivity contribution >= 4 is 38.9 Å². The maximum atomic E-state index is 9.74. The van der Waals surface area contributed by atoms with E-state index in [9.17, 15) is 10.2 Å². The van der Waals surface area contributed by atoms with E-state index in [-0.39, 0.29) is 11.5 Å². The van der Waals surface area contributed by atoms with Gasteiger partial charge in [0.15, 0.2) is 0 Å². The van der Waals surface area contributed by atoms with Crippen LogP contribution in [0.2, 0.25) is 0 Å². The summed E-state index contributed by atoms with van der Waals surface area (Å²) in [7, 11) is 0. The lowest BCUT2D eigenvalue weighted by Crippen LogP contribution is -1.94. The SMILES string of the molecule is Oc1cc(O)c(/C=N\Nc2ccc3ccccc3n2)cc1Br. The summed E-state index contributed by atoms with van der Waals surface area (Å²) in [6.07, 6.45) is 1.45. The minimum Gasteiger partial charge on any atom is -0.507 e. The standard InChI is InChI=1S/C16H12BrN3O2/c17-12-7-11(14(21)8-15(12)22)9-18-20-16-6-5-10-3-1-2-4-13(10)19-16/h1-9,21-22H,(H,19,20)/b18-9-. The molecule has 0 atom stereocenters. The van der Waals surface area contributed by atoms with Crippen LogP contribution in [0.5, 0.6) is 11.5 Å². The molecule has 3 N–H and O–H groups in total. The van der Waals surface area contributed by atoms with Gasteiger partial charge in [0.2, 0.25) is 0 Å². The van der Waals surface area contributed by atoms with Gasteiger partial charge in [0.05, 0.1) is 16.2 Å². The zero-order valence-electron chi connectivity index (χ0n) is 11.4. The van der Waals surface area contributed by atoms with Gasteiger partial charge in [-0.05, 0) is 40.2 Å². The van der Waals surface area contributed by atoms with E-state index in [1.54, 1.807) is 6.07 Å². The van der Waals surface area contributed by atoms with Crippen LogP contribution >= 0.6 is 15.9 Å². The molecule has 3 aromatic rings. The fourth-order valence-corrected chi connectivity index (χ4v) is 2.33. The van der Waals surface area contributed by atoms with Crippen LogP contribution < -0.4 is 5.43 Å². The van der Waals surface area contributed by atoms with Crippen LogP contribution in [0.4, 0.5) is 5.82 Å². The lowest BCUT2D eigenvalue weighted by Gasteiger charge is -2.03. The van der Waals surface area contributed by atoms with Crippen LogP contribution in [0.15, 0.2) is 58.1 Å². The number of anilines is 1. The van der Waals surface area contributed by atoms with E-state index in [2.05, 4.69) is 31.4 Å². The number of phenols is 2. The zero-order chi connectivity index (χ0) is 15.5. The van der Waals surface area contributed by atoms with Crippen molar-refractivity contribution in [3.8, 4) is 11.5 Å². The van der Waals surface area contributed by atoms with Crippen LogP contribution in [0.1, 0.15) is 5.56 Å². The van der Waals surface area contributed by atoms with E-state index in [1.807, 2.05) is 36.4 Å². The molecule has 110 valence electrons. The number of aromatic hydroxyl groups is 2. The van der Waals surface area contributed by atoms with E-state index in [1.165, 1.54) is 12.3 Å². The third-order valence-corrected chi connectivity index (χ3v) is 3.71. The Balaban J connectivity index is 1.80. The summed E-state index contributed by atoms with van der Waals surface area (Å²) in [6, 6.07) is 14.4. The molecule has 1 aromatic heterocycles. The number of phenolic OH excluding ortho intramolecular Hbond substituents is 2. The monoisotopic (exact) mass is 357 g/mol. The summed E-state index contributed by atoms with van der Waals surface area (Å²) in [5.41, 5.74) is 4.16. The molecule has 1 heterocycles. The third kappa shape index (κ3) is 3.01. The van der Waals surface area contributed by atoms with Crippen LogP contribution in [0.3, 0.4) is 0 Å². The maximum Gasteiger partial charge on any atom is 0.146 e. The number of pyridine rings is 1. The van der Waals surface area contributed by atoms with E-state index in [0.29, 0.717) is 15.9 Å². The van der Waals surface area contributed by atoms with Gasteiger partial charge in [-0.15, -0.1) is 0 Å². The summed E-state index contributed by atoms with van der Waals surface area (Å²) >= 11 is 3.19. The first kappa shape index (κ1) is 14.3. The Hall–Kier alpha value is -2.60. The second kappa shape index (κ2) is 6.03. The molecule has 0 unspecified atom stereocenters. The van der Waals surface area contributed by atoms with Crippen molar-refractivity contribution in [3.63, 3.8) is 0 Å². The first-order valence-corrected chi connectivity index (χ1v) is 7.29. The molecule has 2 aromatic carbocycles. The summed E-state index contributed by atoms with van der Waals surface area (Å²) in [5, 5.41) is 24.3. The predicted molar refractivity (Wildman–Crippen MR) is 90.4 cm³/mol. The van der Waals surface area contributed by atoms with Gasteiger partial charge in [0.1, 0.15) is 17.3 Å². The molecule has 0 saturated carbocycles. The number of hydrogen-bond donors (Lipinski definition) is 3. The highest BCUT2D eigenvalue weighted by Crippen LogP contribution is 2.30. The number of rotatable bonds is 3. The quantitative estimate of drug-likeness (QED) is 0.491. The van der Waals surface area contributed by atoms with Gasteiger partial charge in [0.25, 0.3) is 0 Å². The first-order valence-electron chi connectivity index (χ1n) is 6.50. The number of nitrogens with one attached hydrogen (secondary N) is 1. The average Bonchev–Trinajstić information content (AvgIpc) is 2.52. The Morgan fingerprint density at radius 2 is 1.86 bits per heavy atom. The number of para-hydroxylation sites is 1. The summed E-state index contributed by atoms with van der Waals surface area (Å²) in [5.74, 6) is 0.517. The van der Waals surface area contributed by atoms with Crippen LogP contribution in [0.25, 0.3) is 10.9 Å². The highest BCUT2D eigenvalue weighted by molar-refractivity contribution is 9.10. The molecule has 0 spiro atoms. The fourth-order valence-electron chi connectivity index (χ4n) is 1.97. The molecule has 0 aliphatic heterocycles. The second-order valence-electron chi connectivity index (χ2n) is 4.62. The Kier molecular flexibility index (Phi) is 3.93. The minimum absolute atomic E-state index is 0.0289. The molecule has 0 aliphatic carbocycles. The van der Waals surface area contributed by atoms with E-state index >= 15 is 0 Å². The first-order chi connectivity index (χ1) is 10.6. The number of halogens is 1. The second-order valence-corrected chi connectivity index (χ2v) is 5.48. The summed E-state index contributed by atoms with van der Waals surface area (Å²) < 4.78 is 0.482. The molecule has 0 radical (unpaired) electrons. The van der Waals surface area contributed by atoms with Crippen LogP contribution in [-0.2, 0) is 0 Å². The van der Waals surface area contributed by atoms with Gasteiger partial charge in [-0.25, -0.2) is 4.98 Å². The van der Waals surface area contributed by atoms with Crippen molar-refractivity contribution in [2.45, 2.75) is 0 Å². The van der Waals surface area contributed by atoms with Crippen molar-refractivity contribution in [3.05, 3.63) is 58.6 Å². The molecule has 6 heteroatoms. The highest BCUT2D eigenvalue weighted by atomic mass is 79.9. The number of benzene rings is 2. The van der Waals surface area contributed by atoms with Gasteiger partial charge in [-0.1, -0.05) is 18.2 Å². The minimum atomic E-state index is -0.0577. The molecule has 22 heavy (non-hydrogen) atoms. The van der Waals surface area contributed by atoms with Gasteiger partial charge >= 0.3 is 0 Å². The number of hydrazone groups is 1. The molecule has 0 saturated heterocycles. The van der Waals surface area contributed by atoms with Gasteiger partial charge in [0, 0.05) is 17.0 Å². The predicted octanol–water partition coefficient (Wildman–Crippen LogP) is 3.85. The number of aromatic nitrogens is 1. The third-order valence-electron chi connectivity index (χ3n) is 3.08. The lowest BCUT2D eigenvalue weighted by molar-refractivity contribution is 0.448. The van der Waals surface area contributed by atoms with E-state index < -0.39 is 0 Å². The molecule has 0 amide bonds. The molecule has 3 rings (SSSR count). The average molecular weight is 358 g/mol. The maximum absolute atomic E-state index is 9.74. The van der Waals surface area contributed by atoms with E-state index in [4.69, 9.17) is 0 Å². The summed E-state index contributed by atoms with van der Waals surface area (Å²) in [4.78, 5) is 4.42. The number of fused-ring (bicyclic) bond motifs is 1. The molecular formula is C16H12BrN3O2. The zero-order valence-corrected chi connectivity index (χ0v) is 12.9. The molecule has 5 nitrogen and oxygen atoms in total. The highest BCUT2D eigenvalue weighted by Gasteiger charge is 2.04. The van der Waals surface area contributed by atoms with Crippen molar-refractivity contribution in [2.75, 3.05) is 5.43 Å². The number of nitrogens with zero attached hydrogens (tertiary/aromatic N) is 2. The van der Waals surface area contributed by atoms with Gasteiger partial charge in [-0.3, -0.25) is 5.43 Å². The van der Waals surface area contributed by atoms with Crippen LogP contribution in [0, 0.1) is 0 Å². The van der Waals surface area contributed by atoms with Crippen molar-refractivity contribution in [2.24, 2.45) is 5.10 Å². The molecule has 0 aliphatic rings. The normalized spacial score (nSPS) is 11.1. The topological polar surface area (TPSA) is 77.7 Å². The van der Waals surface area contributed by atoms with Crippen molar-refractivity contribution < 1.29 is 10.2 Å². The fraction of sp³-hybridized carbons (Fsp3) is 0. The number of hydrogen-bond acceptors (Lipinski definition) is 5. The van der Waals surface area contributed by atoms with Gasteiger partial charge in [-0.2, -0.15) is 5.10 Å². The molecule has 0 bridgehead atoms. The van der Waals surface area contributed by atoms with Crippen LogP contribution in [-0.4, -0.2) is 21.4 Å². The Morgan fingerprint density at radius 1 is 1.05 bits per heavy atom. The molecular weight excluding hydrogens is 346 g/mol. The van der Waals surface area contributed by atoms with E-state index in [0.717, 1.165) is 10.9 Å². The Morgan fingerprint density at radius 3 is 2.73 bits per heavy atom. The smallest absolute Gasteiger partial charge is 0.146 e. The lowest BCUT2D eigenvalue weighted by atomic mass is 10.2. The Bertz CT molecular complexity index is 865. The van der Waals surface area contributed by atoms with Crippen molar-refractivity contribution in [1.29, 1.82) is 0 Å². The van der Waals surface area contributed by atoms with Crippen molar-refractivity contribution in [1.82, 2.24) is 4.98 Å². The largest absolute Gasteiger partial charge is 0.507 e. The molecule has 0 fully saturated rings. The van der Waals surface area contributed by atoms with Gasteiger partial charge < -0.3 is 10.2 Å². The Labute approximate surface area is 135 Å².